The fraction of sp³-hybridized carbons (Fsp3) is 0.286. The molecule has 0 saturated heterocycles. The third kappa shape index (κ3) is 4.63. The highest BCUT2D eigenvalue weighted by Crippen LogP contribution is 1.89. The van der Waals surface area contributed by atoms with Crippen molar-refractivity contribution < 1.29 is 0 Å². The molecule has 0 aliphatic rings. The molecule has 9 heavy (non-hydrogen) atoms. The topological polar surface area (TPSA) is 35.8 Å². The van der Waals surface area contributed by atoms with Gasteiger partial charge in [0.1, 0.15) is 0 Å². The maximum Gasteiger partial charge on any atom is 0.0912 e. The fourth-order valence-electron chi connectivity index (χ4n) is 0.444. The highest BCUT2D eigenvalue weighted by atomic mass is 14.8. The minimum atomic E-state index is 1.04. The summed E-state index contributed by atoms with van der Waals surface area (Å²) in [4.78, 5) is 0. The smallest absolute Gasteiger partial charge is 0.0912 e. The molecule has 0 heterocycles. The van der Waals surface area contributed by atoms with Gasteiger partial charge in [0, 0.05) is 13.1 Å². The molecule has 0 aliphatic carbocycles. The van der Waals surface area contributed by atoms with Crippen LogP contribution in [0.15, 0.2) is 23.9 Å². The summed E-state index contributed by atoms with van der Waals surface area (Å²) >= 11 is 0. The fourth-order valence-corrected chi connectivity index (χ4v) is 0.444. The van der Waals surface area contributed by atoms with E-state index in [1.807, 2.05) is 26.2 Å². The third-order valence-corrected chi connectivity index (χ3v) is 0.793. The van der Waals surface area contributed by atoms with Crippen LogP contribution in [0, 0.1) is 11.3 Å². The second-order valence-corrected chi connectivity index (χ2v) is 1.64. The van der Waals surface area contributed by atoms with Crippen molar-refractivity contribution in [2.75, 3.05) is 7.05 Å². The van der Waals surface area contributed by atoms with Crippen LogP contribution in [-0.4, -0.2) is 7.05 Å². The van der Waals surface area contributed by atoms with Crippen LogP contribution in [0.1, 0.15) is 6.92 Å². The molecule has 0 amide bonds. The molecule has 0 atom stereocenters. The van der Waals surface area contributed by atoms with Gasteiger partial charge in [-0.05, 0) is 24.8 Å². The molecule has 0 fully saturated rings. The van der Waals surface area contributed by atoms with Gasteiger partial charge in [0.05, 0.1) is 6.07 Å². The zero-order valence-electron chi connectivity index (χ0n) is 5.68. The van der Waals surface area contributed by atoms with E-state index in [0.717, 1.165) is 5.57 Å². The molecule has 0 aromatic carbocycles. The summed E-state index contributed by atoms with van der Waals surface area (Å²) in [6.45, 7) is 1.92. The predicted octanol–water partition coefficient (Wildman–Crippen LogP) is 1.19. The van der Waals surface area contributed by atoms with Crippen LogP contribution in [0.5, 0.6) is 0 Å². The molecule has 0 rings (SSSR count). The summed E-state index contributed by atoms with van der Waals surface area (Å²) < 4.78 is 0. The third-order valence-electron chi connectivity index (χ3n) is 0.793. The average Bonchev–Trinajstić information content (AvgIpc) is 1.85. The Labute approximate surface area is 55.5 Å². The Hall–Kier alpha value is -1.23. The van der Waals surface area contributed by atoms with E-state index in [9.17, 15) is 0 Å². The first-order valence-electron chi connectivity index (χ1n) is 2.71. The molecule has 0 aromatic heterocycles. The lowest BCUT2D eigenvalue weighted by Gasteiger charge is -1.87. The summed E-state index contributed by atoms with van der Waals surface area (Å²) in [7, 11) is 1.82. The number of nitriles is 1. The predicted molar refractivity (Wildman–Crippen MR) is 37.6 cm³/mol. The van der Waals surface area contributed by atoms with Gasteiger partial charge in [0.15, 0.2) is 0 Å². The van der Waals surface area contributed by atoms with E-state index in [-0.39, 0.29) is 0 Å². The van der Waals surface area contributed by atoms with Crippen molar-refractivity contribution in [3.05, 3.63) is 23.9 Å². The van der Waals surface area contributed by atoms with E-state index in [2.05, 4.69) is 5.32 Å². The molecular weight excluding hydrogens is 112 g/mol. The number of rotatable bonds is 2. The van der Waals surface area contributed by atoms with Crippen molar-refractivity contribution >= 4 is 0 Å². The largest absolute Gasteiger partial charge is 0.394 e. The molecular formula is C7H10N2. The molecule has 48 valence electrons. The Kier molecular flexibility index (Phi) is 4.25. The maximum absolute atomic E-state index is 8.10. The van der Waals surface area contributed by atoms with Crippen LogP contribution < -0.4 is 5.32 Å². The lowest BCUT2D eigenvalue weighted by molar-refractivity contribution is 1.08. The van der Waals surface area contributed by atoms with Crippen molar-refractivity contribution in [3.63, 3.8) is 0 Å². The van der Waals surface area contributed by atoms with Gasteiger partial charge in [0.2, 0.25) is 0 Å². The molecule has 2 heteroatoms. The highest BCUT2D eigenvalue weighted by molar-refractivity contribution is 5.19. The highest BCUT2D eigenvalue weighted by Gasteiger charge is 1.75. The van der Waals surface area contributed by atoms with Crippen LogP contribution >= 0.6 is 0 Å². The Morgan fingerprint density at radius 1 is 1.67 bits per heavy atom. The van der Waals surface area contributed by atoms with Crippen molar-refractivity contribution in [1.29, 1.82) is 5.26 Å². The van der Waals surface area contributed by atoms with Crippen LogP contribution in [-0.2, 0) is 0 Å². The molecule has 0 bridgehead atoms. The SMILES string of the molecule is CN/C=C(C)/C=C/C#N. The molecule has 1 N–H and O–H groups in total. The minimum Gasteiger partial charge on any atom is -0.394 e. The zero-order valence-corrected chi connectivity index (χ0v) is 5.68. The van der Waals surface area contributed by atoms with Crippen LogP contribution in [0.25, 0.3) is 0 Å². The minimum absolute atomic E-state index is 1.04. The Morgan fingerprint density at radius 2 is 2.33 bits per heavy atom. The number of hydrogen-bond acceptors (Lipinski definition) is 2. The second-order valence-electron chi connectivity index (χ2n) is 1.64. The van der Waals surface area contributed by atoms with Gasteiger partial charge in [-0.25, -0.2) is 0 Å². The summed E-state index contributed by atoms with van der Waals surface area (Å²) in [6, 6.07) is 1.91. The van der Waals surface area contributed by atoms with Gasteiger partial charge in [-0.15, -0.1) is 0 Å². The quantitative estimate of drug-likeness (QED) is 0.441. The lowest BCUT2D eigenvalue weighted by atomic mass is 10.3. The molecule has 0 spiro atoms. The number of nitrogens with one attached hydrogen (secondary N) is 1. The van der Waals surface area contributed by atoms with E-state index >= 15 is 0 Å². The number of nitrogens with zero attached hydrogens (tertiary/aromatic N) is 1. The monoisotopic (exact) mass is 122 g/mol. The van der Waals surface area contributed by atoms with Crippen molar-refractivity contribution in [3.8, 4) is 6.07 Å². The van der Waals surface area contributed by atoms with E-state index in [0.29, 0.717) is 0 Å². The van der Waals surface area contributed by atoms with Gasteiger partial charge in [0.25, 0.3) is 0 Å². The van der Waals surface area contributed by atoms with Gasteiger partial charge < -0.3 is 5.32 Å². The first-order valence-corrected chi connectivity index (χ1v) is 2.71. The first-order chi connectivity index (χ1) is 4.31. The van der Waals surface area contributed by atoms with Crippen molar-refractivity contribution in [2.24, 2.45) is 0 Å². The zero-order chi connectivity index (χ0) is 7.11. The van der Waals surface area contributed by atoms with Crippen molar-refractivity contribution in [1.82, 2.24) is 5.32 Å². The van der Waals surface area contributed by atoms with Crippen LogP contribution in [0.2, 0.25) is 0 Å². The summed E-state index contributed by atoms with van der Waals surface area (Å²) in [5.74, 6) is 0. The molecule has 0 aliphatic heterocycles. The van der Waals surface area contributed by atoms with E-state index < -0.39 is 0 Å². The van der Waals surface area contributed by atoms with E-state index in [1.54, 1.807) is 6.08 Å². The summed E-state index contributed by atoms with van der Waals surface area (Å²) in [6.07, 6.45) is 5.02. The average molecular weight is 122 g/mol. The van der Waals surface area contributed by atoms with Gasteiger partial charge in [-0.2, -0.15) is 5.26 Å². The van der Waals surface area contributed by atoms with Crippen molar-refractivity contribution in [2.45, 2.75) is 6.92 Å². The van der Waals surface area contributed by atoms with Gasteiger partial charge in [-0.1, -0.05) is 0 Å². The molecule has 0 saturated carbocycles. The lowest BCUT2D eigenvalue weighted by Crippen LogP contribution is -1.92. The second kappa shape index (κ2) is 4.92. The van der Waals surface area contributed by atoms with E-state index in [1.165, 1.54) is 6.08 Å². The Bertz CT molecular complexity index is 160. The molecule has 0 aromatic rings. The standard InChI is InChI=1S/C7H10N2/c1-7(6-9-2)4-3-5-8/h3-4,6,9H,1-2H3/b4-3+,7-6+. The van der Waals surface area contributed by atoms with E-state index in [4.69, 9.17) is 5.26 Å². The maximum atomic E-state index is 8.10. The Balaban J connectivity index is 3.78. The van der Waals surface area contributed by atoms with Gasteiger partial charge >= 0.3 is 0 Å². The molecule has 0 radical (unpaired) electrons. The number of hydrogen-bond donors (Lipinski definition) is 1. The normalized spacial score (nSPS) is 11.4. The summed E-state index contributed by atoms with van der Waals surface area (Å²) in [5.41, 5.74) is 1.04. The summed E-state index contributed by atoms with van der Waals surface area (Å²) in [5, 5.41) is 11.0. The molecule has 2 nitrogen and oxygen atoms in total. The van der Waals surface area contributed by atoms with Crippen LogP contribution in [0.4, 0.5) is 0 Å². The molecule has 0 unspecified atom stereocenters. The van der Waals surface area contributed by atoms with Gasteiger partial charge in [-0.3, -0.25) is 0 Å². The number of allylic oxidation sites excluding steroid dienone is 3. The van der Waals surface area contributed by atoms with Crippen LogP contribution in [0.3, 0.4) is 0 Å². The Morgan fingerprint density at radius 3 is 2.78 bits per heavy atom. The first kappa shape index (κ1) is 7.77.